The third-order valence-electron chi connectivity index (χ3n) is 7.61. The van der Waals surface area contributed by atoms with Crippen LogP contribution in [0.25, 0.3) is 11.1 Å². The predicted octanol–water partition coefficient (Wildman–Crippen LogP) is 4.84. The number of carboxylic acid groups (broad SMARTS) is 1. The number of aliphatic carboxylic acids is 1. The van der Waals surface area contributed by atoms with E-state index < -0.39 is 23.5 Å². The first kappa shape index (κ1) is 24.8. The van der Waals surface area contributed by atoms with Crippen LogP contribution in [0.3, 0.4) is 0 Å². The number of nitrogens with one attached hydrogen (secondary N) is 2. The quantitative estimate of drug-likeness (QED) is 0.503. The molecular formula is C28H34N2O5. The molecule has 1 fully saturated rings. The fourth-order valence-corrected chi connectivity index (χ4v) is 5.48. The van der Waals surface area contributed by atoms with Gasteiger partial charge in [-0.2, -0.15) is 0 Å². The number of benzene rings is 2. The minimum Gasteiger partial charge on any atom is -0.481 e. The van der Waals surface area contributed by atoms with Gasteiger partial charge in [0, 0.05) is 18.0 Å². The Morgan fingerprint density at radius 2 is 1.69 bits per heavy atom. The van der Waals surface area contributed by atoms with E-state index in [-0.39, 0.29) is 30.9 Å². The first-order chi connectivity index (χ1) is 16.8. The molecule has 35 heavy (non-hydrogen) atoms. The SMILES string of the molecule is CCC(CC(=O)O)NC(=O)C1(C)CCCCC1NC(=O)OCC1c2ccccc2-c2ccccc21. The topological polar surface area (TPSA) is 105 Å². The molecule has 2 aromatic carbocycles. The average molecular weight is 479 g/mol. The van der Waals surface area contributed by atoms with Crippen LogP contribution in [0.4, 0.5) is 4.79 Å². The summed E-state index contributed by atoms with van der Waals surface area (Å²) in [5, 5.41) is 15.0. The first-order valence-electron chi connectivity index (χ1n) is 12.5. The molecule has 2 aromatic rings. The normalized spacial score (nSPS) is 21.9. The summed E-state index contributed by atoms with van der Waals surface area (Å²) >= 11 is 0. The van der Waals surface area contributed by atoms with Gasteiger partial charge in [-0.1, -0.05) is 68.3 Å². The molecule has 3 atom stereocenters. The molecule has 4 rings (SSSR count). The number of hydrogen-bond acceptors (Lipinski definition) is 4. The molecule has 0 spiro atoms. The Kier molecular flexibility index (Phi) is 7.43. The Bertz CT molecular complexity index is 1050. The van der Waals surface area contributed by atoms with Gasteiger partial charge in [0.2, 0.25) is 5.91 Å². The molecule has 2 amide bonds. The lowest BCUT2D eigenvalue weighted by Gasteiger charge is -2.40. The predicted molar refractivity (Wildman–Crippen MR) is 133 cm³/mol. The Balaban J connectivity index is 1.41. The van der Waals surface area contributed by atoms with Crippen LogP contribution in [0, 0.1) is 5.41 Å². The highest BCUT2D eigenvalue weighted by Crippen LogP contribution is 2.44. The fourth-order valence-electron chi connectivity index (χ4n) is 5.48. The molecule has 0 radical (unpaired) electrons. The van der Waals surface area contributed by atoms with Gasteiger partial charge in [0.05, 0.1) is 11.8 Å². The van der Waals surface area contributed by atoms with Crippen LogP contribution in [0.5, 0.6) is 0 Å². The van der Waals surface area contributed by atoms with Crippen molar-refractivity contribution in [1.29, 1.82) is 0 Å². The summed E-state index contributed by atoms with van der Waals surface area (Å²) in [6, 6.07) is 15.5. The lowest BCUT2D eigenvalue weighted by atomic mass is 9.71. The molecule has 0 saturated heterocycles. The van der Waals surface area contributed by atoms with E-state index in [0.29, 0.717) is 19.3 Å². The smallest absolute Gasteiger partial charge is 0.407 e. The standard InChI is InChI=1S/C28H34N2O5/c1-3-18(16-25(31)32)29-26(33)28(2)15-9-8-14-24(28)30-27(34)35-17-23-21-12-6-4-10-19(21)20-11-5-7-13-22(20)23/h4-7,10-13,18,23-24H,3,8-9,14-17H2,1-2H3,(H,29,33)(H,30,34)(H,31,32). The Morgan fingerprint density at radius 3 is 2.29 bits per heavy atom. The van der Waals surface area contributed by atoms with Crippen molar-refractivity contribution in [3.8, 4) is 11.1 Å². The second-order valence-electron chi connectivity index (χ2n) is 9.86. The molecule has 3 N–H and O–H groups in total. The van der Waals surface area contributed by atoms with Crippen LogP contribution in [0.2, 0.25) is 0 Å². The lowest BCUT2D eigenvalue weighted by Crippen LogP contribution is -2.57. The van der Waals surface area contributed by atoms with Crippen LogP contribution in [-0.2, 0) is 14.3 Å². The van der Waals surface area contributed by atoms with Gasteiger partial charge < -0.3 is 20.5 Å². The van der Waals surface area contributed by atoms with E-state index in [4.69, 9.17) is 9.84 Å². The van der Waals surface area contributed by atoms with Gasteiger partial charge in [0.15, 0.2) is 0 Å². The van der Waals surface area contributed by atoms with Gasteiger partial charge in [-0.3, -0.25) is 9.59 Å². The number of carbonyl (C=O) groups excluding carboxylic acids is 2. The zero-order valence-electron chi connectivity index (χ0n) is 20.4. The molecule has 0 aliphatic heterocycles. The maximum absolute atomic E-state index is 13.2. The van der Waals surface area contributed by atoms with Crippen LogP contribution in [0.15, 0.2) is 48.5 Å². The number of ether oxygens (including phenoxy) is 1. The van der Waals surface area contributed by atoms with E-state index in [1.165, 1.54) is 11.1 Å². The monoisotopic (exact) mass is 478 g/mol. The van der Waals surface area contributed by atoms with Gasteiger partial charge in [-0.15, -0.1) is 0 Å². The molecule has 2 aliphatic rings. The summed E-state index contributed by atoms with van der Waals surface area (Å²) in [6.07, 6.45) is 2.95. The number of alkyl carbamates (subject to hydrolysis) is 1. The number of hydrogen-bond donors (Lipinski definition) is 3. The molecule has 3 unspecified atom stereocenters. The minimum absolute atomic E-state index is 0.0319. The van der Waals surface area contributed by atoms with Crippen molar-refractivity contribution in [3.05, 3.63) is 59.7 Å². The molecule has 0 bridgehead atoms. The molecule has 7 nitrogen and oxygen atoms in total. The highest BCUT2D eigenvalue weighted by molar-refractivity contribution is 5.85. The van der Waals surface area contributed by atoms with Crippen LogP contribution in [0.1, 0.15) is 69.4 Å². The molecule has 2 aliphatic carbocycles. The zero-order chi connectivity index (χ0) is 25.0. The molecule has 186 valence electrons. The summed E-state index contributed by atoms with van der Waals surface area (Å²) in [5.74, 6) is -1.19. The molecule has 7 heteroatoms. The van der Waals surface area contributed by atoms with E-state index in [1.54, 1.807) is 0 Å². The number of carbonyl (C=O) groups is 3. The summed E-state index contributed by atoms with van der Waals surface area (Å²) in [6.45, 7) is 3.92. The molecule has 0 aromatic heterocycles. The summed E-state index contributed by atoms with van der Waals surface area (Å²) in [5.41, 5.74) is 3.80. The van der Waals surface area contributed by atoms with Crippen molar-refractivity contribution in [1.82, 2.24) is 10.6 Å². The third-order valence-corrected chi connectivity index (χ3v) is 7.61. The number of fused-ring (bicyclic) bond motifs is 3. The second-order valence-corrected chi connectivity index (χ2v) is 9.86. The fraction of sp³-hybridized carbons (Fsp3) is 0.464. The first-order valence-corrected chi connectivity index (χ1v) is 12.5. The Labute approximate surface area is 206 Å². The maximum Gasteiger partial charge on any atom is 0.407 e. The van der Waals surface area contributed by atoms with Crippen molar-refractivity contribution >= 4 is 18.0 Å². The van der Waals surface area contributed by atoms with Crippen molar-refractivity contribution < 1.29 is 24.2 Å². The summed E-state index contributed by atoms with van der Waals surface area (Å²) in [4.78, 5) is 37.2. The summed E-state index contributed by atoms with van der Waals surface area (Å²) < 4.78 is 5.71. The second kappa shape index (κ2) is 10.5. The average Bonchev–Trinajstić information content (AvgIpc) is 3.17. The van der Waals surface area contributed by atoms with Gasteiger partial charge >= 0.3 is 12.1 Å². The largest absolute Gasteiger partial charge is 0.481 e. The van der Waals surface area contributed by atoms with Crippen molar-refractivity contribution in [2.24, 2.45) is 5.41 Å². The van der Waals surface area contributed by atoms with E-state index >= 15 is 0 Å². The van der Waals surface area contributed by atoms with E-state index in [9.17, 15) is 14.4 Å². The van der Waals surface area contributed by atoms with E-state index in [0.717, 1.165) is 24.0 Å². The van der Waals surface area contributed by atoms with Crippen LogP contribution in [-0.4, -0.2) is 41.8 Å². The zero-order valence-corrected chi connectivity index (χ0v) is 20.4. The highest BCUT2D eigenvalue weighted by Gasteiger charge is 2.44. The molecular weight excluding hydrogens is 444 g/mol. The highest BCUT2D eigenvalue weighted by atomic mass is 16.5. The number of amides is 2. The third kappa shape index (κ3) is 5.19. The van der Waals surface area contributed by atoms with E-state index in [1.807, 2.05) is 38.1 Å². The Morgan fingerprint density at radius 1 is 1.06 bits per heavy atom. The van der Waals surface area contributed by atoms with Crippen LogP contribution >= 0.6 is 0 Å². The van der Waals surface area contributed by atoms with Gasteiger partial charge in [-0.25, -0.2) is 4.79 Å². The molecule has 0 heterocycles. The lowest BCUT2D eigenvalue weighted by molar-refractivity contribution is -0.138. The number of rotatable bonds is 8. The Hall–Kier alpha value is -3.35. The van der Waals surface area contributed by atoms with Crippen molar-refractivity contribution in [3.63, 3.8) is 0 Å². The van der Waals surface area contributed by atoms with Gasteiger partial charge in [0.1, 0.15) is 6.61 Å². The van der Waals surface area contributed by atoms with Crippen molar-refractivity contribution in [2.45, 2.75) is 70.4 Å². The van der Waals surface area contributed by atoms with Crippen molar-refractivity contribution in [2.75, 3.05) is 6.61 Å². The van der Waals surface area contributed by atoms with Gasteiger partial charge in [-0.05, 0) is 48.4 Å². The van der Waals surface area contributed by atoms with E-state index in [2.05, 4.69) is 34.9 Å². The minimum atomic E-state index is -0.945. The van der Waals surface area contributed by atoms with Crippen LogP contribution < -0.4 is 10.6 Å². The number of carboxylic acids is 1. The summed E-state index contributed by atoms with van der Waals surface area (Å²) in [7, 11) is 0. The maximum atomic E-state index is 13.2. The molecule has 1 saturated carbocycles. The van der Waals surface area contributed by atoms with Gasteiger partial charge in [0.25, 0.3) is 0 Å².